The number of nitrogens with zero attached hydrogens (tertiary/aromatic N) is 3. The molecule has 98 valence electrons. The van der Waals surface area contributed by atoms with E-state index in [1.807, 2.05) is 0 Å². The van der Waals surface area contributed by atoms with Gasteiger partial charge in [-0.1, -0.05) is 6.92 Å². The first kappa shape index (κ1) is 11.4. The summed E-state index contributed by atoms with van der Waals surface area (Å²) in [6.07, 6.45) is 0.578. The molecule has 8 nitrogen and oxygen atoms in total. The van der Waals surface area contributed by atoms with Gasteiger partial charge in [0.15, 0.2) is 0 Å². The molecule has 0 saturated heterocycles. The van der Waals surface area contributed by atoms with Crippen molar-refractivity contribution in [3.63, 3.8) is 0 Å². The molecule has 1 aliphatic carbocycles. The summed E-state index contributed by atoms with van der Waals surface area (Å²) >= 11 is 0. The van der Waals surface area contributed by atoms with Crippen LogP contribution in [0.4, 0.5) is 0 Å². The molecule has 1 aliphatic heterocycles. The van der Waals surface area contributed by atoms with Crippen molar-refractivity contribution < 1.29 is 19.4 Å². The first-order valence-corrected chi connectivity index (χ1v) is 5.75. The van der Waals surface area contributed by atoms with Crippen LogP contribution in [0.5, 0.6) is 0 Å². The van der Waals surface area contributed by atoms with Crippen LogP contribution in [-0.4, -0.2) is 26.4 Å². The normalized spacial score (nSPS) is 38.8. The summed E-state index contributed by atoms with van der Waals surface area (Å²) in [6, 6.07) is 0. The molecular weight excluding hydrogens is 240 g/mol. The summed E-state index contributed by atoms with van der Waals surface area (Å²) in [5.74, 6) is -0.596. The fourth-order valence-corrected chi connectivity index (χ4v) is 2.93. The van der Waals surface area contributed by atoms with Crippen LogP contribution in [0.2, 0.25) is 0 Å². The first-order chi connectivity index (χ1) is 8.31. The third-order valence-electron chi connectivity index (χ3n) is 4.29. The highest BCUT2D eigenvalue weighted by molar-refractivity contribution is 5.92. The van der Waals surface area contributed by atoms with E-state index in [4.69, 9.17) is 5.73 Å². The van der Waals surface area contributed by atoms with Crippen molar-refractivity contribution in [2.45, 2.75) is 38.0 Å². The minimum absolute atomic E-state index is 0.112. The molecule has 8 heteroatoms. The standard InChI is InChI=1S/C10H14N4O4/c1-5-9(2,11)13(16)7-4-3-6-8(10(5,7)15)12-18-14(6)17/h5,15H,3-4,11H2,1-2H3/t5-,9-,10+/m0/s1. The number of aliphatic hydroxyl groups is 1. The average Bonchev–Trinajstić information content (AvgIpc) is 2.75. The molecule has 3 N–H and O–H groups in total. The number of hydroxylamine groups is 1. The monoisotopic (exact) mass is 254 g/mol. The summed E-state index contributed by atoms with van der Waals surface area (Å²) in [5.41, 5.74) is 3.74. The van der Waals surface area contributed by atoms with Crippen molar-refractivity contribution in [1.29, 1.82) is 0 Å². The zero-order chi connectivity index (χ0) is 13.3. The fraction of sp³-hybridized carbons (Fsp3) is 0.700. The number of nitrogens with two attached hydrogens (primary N) is 1. The topological polar surface area (TPSA) is 125 Å². The Labute approximate surface area is 102 Å². The van der Waals surface area contributed by atoms with Crippen molar-refractivity contribution in [3.8, 4) is 0 Å². The van der Waals surface area contributed by atoms with Gasteiger partial charge in [0.25, 0.3) is 5.69 Å². The predicted molar refractivity (Wildman–Crippen MR) is 58.1 cm³/mol. The lowest BCUT2D eigenvalue weighted by Gasteiger charge is -2.27. The maximum Gasteiger partial charge on any atom is 0.263 e. The zero-order valence-corrected chi connectivity index (χ0v) is 10.1. The van der Waals surface area contributed by atoms with Crippen molar-refractivity contribution in [3.05, 3.63) is 21.8 Å². The molecule has 2 heterocycles. The number of hydrogen-bond donors (Lipinski definition) is 2. The van der Waals surface area contributed by atoms with Crippen LogP contribution in [0.25, 0.3) is 0 Å². The van der Waals surface area contributed by atoms with Gasteiger partial charge in [-0.3, -0.25) is 10.4 Å². The van der Waals surface area contributed by atoms with Gasteiger partial charge in [-0.15, -0.1) is 0 Å². The molecular formula is C10H14N4O4. The maximum absolute atomic E-state index is 12.1. The van der Waals surface area contributed by atoms with E-state index >= 15 is 0 Å². The molecule has 0 saturated carbocycles. The lowest BCUT2D eigenvalue weighted by atomic mass is 9.74. The lowest BCUT2D eigenvalue weighted by molar-refractivity contribution is -0.808. The molecule has 1 aromatic rings. The van der Waals surface area contributed by atoms with Gasteiger partial charge in [0.1, 0.15) is 0 Å². The Morgan fingerprint density at radius 1 is 1.50 bits per heavy atom. The van der Waals surface area contributed by atoms with Gasteiger partial charge < -0.3 is 15.5 Å². The van der Waals surface area contributed by atoms with E-state index in [0.29, 0.717) is 11.2 Å². The summed E-state index contributed by atoms with van der Waals surface area (Å²) < 4.78 is 5.16. The molecule has 0 bridgehead atoms. The third-order valence-corrected chi connectivity index (χ3v) is 4.29. The predicted octanol–water partition coefficient (Wildman–Crippen LogP) is -1.28. The van der Waals surface area contributed by atoms with Crippen molar-refractivity contribution in [2.24, 2.45) is 11.7 Å². The zero-order valence-electron chi connectivity index (χ0n) is 10.1. The number of aromatic nitrogens is 2. The van der Waals surface area contributed by atoms with E-state index in [0.717, 1.165) is 0 Å². The third kappa shape index (κ3) is 1.01. The van der Waals surface area contributed by atoms with E-state index in [1.165, 1.54) is 0 Å². The highest BCUT2D eigenvalue weighted by Gasteiger charge is 2.67. The van der Waals surface area contributed by atoms with Gasteiger partial charge in [-0.05, 0) is 4.90 Å². The summed E-state index contributed by atoms with van der Waals surface area (Å²) in [6.45, 7) is 3.22. The number of fused-ring (bicyclic) bond motifs is 3. The van der Waals surface area contributed by atoms with Crippen LogP contribution in [0, 0.1) is 16.3 Å². The number of hydrogen-bond acceptors (Lipinski definition) is 6. The lowest BCUT2D eigenvalue weighted by Crippen LogP contribution is -2.52. The Hall–Kier alpha value is -1.67. The molecule has 2 aliphatic rings. The second-order valence-electron chi connectivity index (χ2n) is 5.18. The molecule has 0 unspecified atom stereocenters. The maximum atomic E-state index is 12.1. The Bertz CT molecular complexity index is 564. The molecule has 0 fully saturated rings. The molecule has 3 rings (SSSR count). The first-order valence-electron chi connectivity index (χ1n) is 5.75. The van der Waals surface area contributed by atoms with E-state index in [2.05, 4.69) is 9.79 Å². The molecule has 0 radical (unpaired) electrons. The van der Waals surface area contributed by atoms with Crippen molar-refractivity contribution >= 4 is 5.71 Å². The van der Waals surface area contributed by atoms with Crippen molar-refractivity contribution in [2.75, 3.05) is 0 Å². The highest BCUT2D eigenvalue weighted by atomic mass is 16.8. The van der Waals surface area contributed by atoms with Gasteiger partial charge in [-0.25, -0.2) is 0 Å². The summed E-state index contributed by atoms with van der Waals surface area (Å²) in [4.78, 5) is 0.276. The summed E-state index contributed by atoms with van der Waals surface area (Å²) in [7, 11) is 0. The van der Waals surface area contributed by atoms with Gasteiger partial charge in [0, 0.05) is 24.9 Å². The van der Waals surface area contributed by atoms with E-state index in [-0.39, 0.29) is 28.4 Å². The van der Waals surface area contributed by atoms with Crippen LogP contribution < -0.4 is 10.6 Å². The second-order valence-corrected chi connectivity index (χ2v) is 5.18. The fourth-order valence-electron chi connectivity index (χ4n) is 2.93. The Morgan fingerprint density at radius 2 is 2.17 bits per heavy atom. The minimum Gasteiger partial charge on any atom is -0.622 e. The number of rotatable bonds is 0. The van der Waals surface area contributed by atoms with Crippen LogP contribution in [-0.2, 0) is 12.0 Å². The van der Waals surface area contributed by atoms with Gasteiger partial charge in [-0.2, -0.15) is 4.74 Å². The van der Waals surface area contributed by atoms with Crippen molar-refractivity contribution in [1.82, 2.24) is 5.16 Å². The van der Waals surface area contributed by atoms with E-state index in [1.54, 1.807) is 13.8 Å². The van der Waals surface area contributed by atoms with Gasteiger partial charge in [0.2, 0.25) is 22.7 Å². The Morgan fingerprint density at radius 3 is 2.83 bits per heavy atom. The molecule has 18 heavy (non-hydrogen) atoms. The Kier molecular flexibility index (Phi) is 1.91. The van der Waals surface area contributed by atoms with Crippen LogP contribution >= 0.6 is 0 Å². The summed E-state index contributed by atoms with van der Waals surface area (Å²) in [5, 5.41) is 38.0. The van der Waals surface area contributed by atoms with Gasteiger partial charge in [0.05, 0.1) is 5.92 Å². The highest BCUT2D eigenvalue weighted by Crippen LogP contribution is 2.45. The average molecular weight is 254 g/mol. The smallest absolute Gasteiger partial charge is 0.263 e. The molecule has 3 atom stereocenters. The van der Waals surface area contributed by atoms with E-state index < -0.39 is 17.2 Å². The SMILES string of the molecule is C[C@@H]1[C@@]2(O)C(=[N+]([O-])[C@]1(C)N)CCc1c2no[n+]1[O-]. The molecule has 0 aromatic carbocycles. The second kappa shape index (κ2) is 3.01. The van der Waals surface area contributed by atoms with Crippen LogP contribution in [0.1, 0.15) is 31.7 Å². The largest absolute Gasteiger partial charge is 0.622 e. The van der Waals surface area contributed by atoms with Crippen LogP contribution in [0.3, 0.4) is 0 Å². The quantitative estimate of drug-likeness (QED) is 0.438. The van der Waals surface area contributed by atoms with Gasteiger partial charge >= 0.3 is 0 Å². The molecule has 1 aromatic heterocycles. The minimum atomic E-state index is -1.61. The molecule has 0 spiro atoms. The van der Waals surface area contributed by atoms with Crippen LogP contribution in [0.15, 0.2) is 4.63 Å². The Balaban J connectivity index is 2.28. The molecule has 0 amide bonds. The van der Waals surface area contributed by atoms with E-state index in [9.17, 15) is 15.5 Å².